The number of unbranched alkanes of at least 4 members (excludes halogenated alkanes) is 50. The van der Waals surface area contributed by atoms with Gasteiger partial charge in [0.25, 0.3) is 0 Å². The van der Waals surface area contributed by atoms with E-state index in [1.54, 1.807) is 0 Å². The number of carboxylic acids is 5. The standard InChI is InChI=1S/C23H43NO6S.C22H43NO5S.C20H37NO7S.C20H39NO5S/c1-21(25)17-16-20-31(29,30)24-22(26)18-14-12-10-8-6-4-2-3-5-7-9-11-13-15-19-23(27)28;1-2-3-4-5-6-7-8-9-10-11-12-13-14-15-16-18-21(24)23-29(27,28)20-17-19-22(25)26;22-18(21-29(27,28)17-13-16-20(25)26)14-11-9-7-5-3-1-2-4-6-8-10-12-15-19(23)24;1-2-3-4-5-6-7-8-9-10-11-12-13-14-16-19(22)21-27(25,26)18-15-17-20(23)24/h2-20H2,1H3,(H,24,26)(H,27,28);2-20H2,1H3,(H,23,24)(H,25,26);1-17H2,(H,21,22)(H,23,24)(H,25,26);2-18H2,1H3,(H,21,22)(H,23,24). The van der Waals surface area contributed by atoms with E-state index in [9.17, 15) is 81.6 Å². The zero-order chi connectivity index (χ0) is 87.5. The van der Waals surface area contributed by atoms with Gasteiger partial charge in [-0.2, -0.15) is 0 Å². The Kier molecular flexibility index (Phi) is 84.1. The number of sulfonamides is 4. The lowest BCUT2D eigenvalue weighted by Crippen LogP contribution is -2.32. The molecule has 0 bridgehead atoms. The second kappa shape index (κ2) is 83.4. The van der Waals surface area contributed by atoms with Crippen LogP contribution in [0.1, 0.15) is 457 Å². The monoisotopic (exact) mass is 1740 g/mol. The highest BCUT2D eigenvalue weighted by atomic mass is 32.2. The maximum Gasteiger partial charge on any atom is 0.303 e. The highest BCUT2D eigenvalue weighted by molar-refractivity contribution is 7.90. The Morgan fingerprint density at radius 1 is 0.181 bits per heavy atom. The summed E-state index contributed by atoms with van der Waals surface area (Å²) in [6.07, 6.45) is 63.4. The van der Waals surface area contributed by atoms with Crippen molar-refractivity contribution in [3.8, 4) is 0 Å². The molecule has 0 aromatic rings. The third-order valence-corrected chi connectivity index (χ3v) is 25.0. The molecule has 0 spiro atoms. The molecule has 116 heavy (non-hydrogen) atoms. The maximum atomic E-state index is 11.7. The molecule has 4 amide bonds. The van der Waals surface area contributed by atoms with Gasteiger partial charge in [-0.3, -0.25) is 62.0 Å². The molecule has 0 radical (unpaired) electrons. The Morgan fingerprint density at radius 3 is 0.440 bits per heavy atom. The van der Waals surface area contributed by atoms with Crippen molar-refractivity contribution in [3.05, 3.63) is 0 Å². The van der Waals surface area contributed by atoms with Gasteiger partial charge in [0.2, 0.25) is 63.7 Å². The van der Waals surface area contributed by atoms with E-state index in [1.165, 1.54) is 212 Å². The summed E-state index contributed by atoms with van der Waals surface area (Å²) in [6.45, 7) is 5.90. The average Bonchev–Trinajstić information content (AvgIpc) is 0.931. The number of hydrogen-bond donors (Lipinski definition) is 9. The second-order valence-electron chi connectivity index (χ2n) is 31.3. The number of nitrogens with one attached hydrogen (secondary N) is 4. The molecule has 0 rings (SSSR count). The van der Waals surface area contributed by atoms with Crippen LogP contribution in [-0.2, 0) is 88.0 Å². The molecule has 31 heteroatoms. The summed E-state index contributed by atoms with van der Waals surface area (Å²) in [6, 6.07) is 0. The Balaban J connectivity index is -0.000000722. The summed E-state index contributed by atoms with van der Waals surface area (Å²) < 4.78 is 101. The molecule has 0 heterocycles. The van der Waals surface area contributed by atoms with Crippen molar-refractivity contribution >= 4 is 99.4 Å². The molecule has 0 fully saturated rings. The smallest absolute Gasteiger partial charge is 0.303 e. The van der Waals surface area contributed by atoms with Crippen LogP contribution in [0.4, 0.5) is 0 Å². The highest BCUT2D eigenvalue weighted by Gasteiger charge is 2.19. The molecule has 27 nitrogen and oxygen atoms in total. The van der Waals surface area contributed by atoms with Gasteiger partial charge in [-0.15, -0.1) is 0 Å². The molecule has 684 valence electrons. The molecule has 0 aliphatic rings. The molecular formula is C85H162N4O23S4. The molecule has 0 aromatic heterocycles. The summed E-state index contributed by atoms with van der Waals surface area (Å²) in [5.41, 5.74) is 0. The first-order valence-electron chi connectivity index (χ1n) is 44.9. The first-order chi connectivity index (χ1) is 55.2. The van der Waals surface area contributed by atoms with Crippen LogP contribution >= 0.6 is 0 Å². The summed E-state index contributed by atoms with van der Waals surface area (Å²) in [4.78, 5) is 109. The number of aliphatic carboxylic acids is 5. The van der Waals surface area contributed by atoms with Crippen LogP contribution in [0.3, 0.4) is 0 Å². The van der Waals surface area contributed by atoms with E-state index >= 15 is 0 Å². The maximum absolute atomic E-state index is 11.7. The summed E-state index contributed by atoms with van der Waals surface area (Å²) in [5, 5.41) is 42.6. The van der Waals surface area contributed by atoms with Gasteiger partial charge in [0, 0.05) is 64.2 Å². The fraction of sp³-hybridized carbons (Fsp3) is 0.882. The quantitative estimate of drug-likeness (QED) is 0.0255. The molecule has 0 saturated heterocycles. The molecule has 9 N–H and O–H groups in total. The van der Waals surface area contributed by atoms with Crippen molar-refractivity contribution in [3.63, 3.8) is 0 Å². The van der Waals surface area contributed by atoms with Gasteiger partial charge in [-0.05, 0) is 71.1 Å². The number of rotatable bonds is 82. The van der Waals surface area contributed by atoms with Gasteiger partial charge in [0.1, 0.15) is 5.78 Å². The van der Waals surface area contributed by atoms with Crippen molar-refractivity contribution in [2.45, 2.75) is 457 Å². The molecule has 0 aliphatic carbocycles. The normalized spacial score (nSPS) is 11.4. The minimum atomic E-state index is -3.74. The van der Waals surface area contributed by atoms with Crippen molar-refractivity contribution < 1.29 is 107 Å². The number of carbonyl (C=O) groups is 10. The Labute approximate surface area is 701 Å². The number of carboxylic acid groups (broad SMARTS) is 5. The first-order valence-corrected chi connectivity index (χ1v) is 51.5. The summed E-state index contributed by atoms with van der Waals surface area (Å²) >= 11 is 0. The Hall–Kier alpha value is -5.30. The average molecular weight is 1740 g/mol. The SMILES string of the molecule is CC(=O)CCCS(=O)(=O)NC(=O)CCCCCCCCCCCCCCCCC(=O)O.CCCCCCCCCCCCCCCC(=O)NS(=O)(=O)CCCC(=O)O.CCCCCCCCCCCCCCCCCC(=O)NS(=O)(=O)CCCC(=O)O.O=C(O)CCCCCCCCCCCCCCC(=O)NS(=O)(=O)CCCC(=O)O. The van der Waals surface area contributed by atoms with Gasteiger partial charge in [0.15, 0.2) is 0 Å². The van der Waals surface area contributed by atoms with E-state index in [1.807, 2.05) is 14.2 Å². The first kappa shape index (κ1) is 117. The summed E-state index contributed by atoms with van der Waals surface area (Å²) in [7, 11) is -14.8. The molecule has 0 saturated carbocycles. The van der Waals surface area contributed by atoms with Gasteiger partial charge in [-0.25, -0.2) is 33.7 Å². The van der Waals surface area contributed by atoms with Gasteiger partial charge in [-0.1, -0.05) is 322 Å². The molecular weight excluding hydrogens is 1570 g/mol. The Bertz CT molecular complexity index is 2970. The minimum absolute atomic E-state index is 0.0106. The van der Waals surface area contributed by atoms with Crippen LogP contribution < -0.4 is 18.9 Å². The van der Waals surface area contributed by atoms with Crippen LogP contribution in [0.2, 0.25) is 0 Å². The van der Waals surface area contributed by atoms with E-state index in [0.717, 1.165) is 116 Å². The van der Waals surface area contributed by atoms with E-state index in [0.29, 0.717) is 25.7 Å². The van der Waals surface area contributed by atoms with Crippen LogP contribution in [0.25, 0.3) is 0 Å². The molecule has 0 aliphatic heterocycles. The predicted molar refractivity (Wildman–Crippen MR) is 462 cm³/mol. The fourth-order valence-corrected chi connectivity index (χ4v) is 17.1. The molecule has 0 aromatic carbocycles. The van der Waals surface area contributed by atoms with Crippen molar-refractivity contribution in [1.29, 1.82) is 0 Å². The van der Waals surface area contributed by atoms with Gasteiger partial charge < -0.3 is 30.3 Å². The lowest BCUT2D eigenvalue weighted by atomic mass is 10.0. The van der Waals surface area contributed by atoms with Crippen LogP contribution in [-0.4, -0.2) is 141 Å². The summed E-state index contributed by atoms with van der Waals surface area (Å²) in [5.74, 6) is -7.77. The fourth-order valence-electron chi connectivity index (χ4n) is 12.8. The number of carbonyl (C=O) groups excluding carboxylic acids is 5. The predicted octanol–water partition coefficient (Wildman–Crippen LogP) is 19.3. The number of Topliss-reactive ketones (excluding diaryl/α,β-unsaturated/α-hetero) is 1. The number of amides is 4. The molecule has 0 atom stereocenters. The van der Waals surface area contributed by atoms with E-state index < -0.39 is 93.6 Å². The largest absolute Gasteiger partial charge is 0.481 e. The second-order valence-corrected chi connectivity index (χ2v) is 38.7. The van der Waals surface area contributed by atoms with Crippen LogP contribution in [0.5, 0.6) is 0 Å². The number of ketones is 1. The van der Waals surface area contributed by atoms with Crippen molar-refractivity contribution in [2.24, 2.45) is 0 Å². The van der Waals surface area contributed by atoms with E-state index in [-0.39, 0.29) is 119 Å². The lowest BCUT2D eigenvalue weighted by molar-refractivity contribution is -0.138. The Morgan fingerprint density at radius 2 is 0.302 bits per heavy atom. The van der Waals surface area contributed by atoms with Crippen LogP contribution in [0, 0.1) is 0 Å². The minimum Gasteiger partial charge on any atom is -0.481 e. The van der Waals surface area contributed by atoms with E-state index in [4.69, 9.17) is 25.5 Å². The topological polar surface area (TPSA) is 457 Å². The number of hydrogen-bond acceptors (Lipinski definition) is 18. The highest BCUT2D eigenvalue weighted by Crippen LogP contribution is 2.19. The zero-order valence-corrected chi connectivity index (χ0v) is 75.4. The third-order valence-electron chi connectivity index (χ3n) is 19.5. The van der Waals surface area contributed by atoms with E-state index in [2.05, 4.69) is 18.6 Å². The lowest BCUT2D eigenvalue weighted by Gasteiger charge is -2.06. The van der Waals surface area contributed by atoms with Crippen molar-refractivity contribution in [1.82, 2.24) is 18.9 Å². The molecule has 0 unspecified atom stereocenters. The van der Waals surface area contributed by atoms with Crippen LogP contribution in [0.15, 0.2) is 0 Å². The van der Waals surface area contributed by atoms with Crippen molar-refractivity contribution in [2.75, 3.05) is 23.0 Å². The third kappa shape index (κ3) is 103. The van der Waals surface area contributed by atoms with Gasteiger partial charge in [0.05, 0.1) is 23.0 Å². The zero-order valence-electron chi connectivity index (χ0n) is 72.1. The van der Waals surface area contributed by atoms with Gasteiger partial charge >= 0.3 is 29.8 Å².